The summed E-state index contributed by atoms with van der Waals surface area (Å²) >= 11 is 5.27. The number of aromatic amines is 1. The Hall–Kier alpha value is -1.49. The van der Waals surface area contributed by atoms with Crippen molar-refractivity contribution in [1.29, 1.82) is 0 Å². The minimum atomic E-state index is 0.666. The van der Waals surface area contributed by atoms with Gasteiger partial charge in [0.2, 0.25) is 0 Å². The summed E-state index contributed by atoms with van der Waals surface area (Å²) in [4.78, 5) is 7.62. The van der Waals surface area contributed by atoms with E-state index in [4.69, 9.17) is 12.2 Å². The summed E-state index contributed by atoms with van der Waals surface area (Å²) in [6.45, 7) is 4.09. The first-order valence-electron chi connectivity index (χ1n) is 5.21. The lowest BCUT2D eigenvalue weighted by molar-refractivity contribution is 0.768. The van der Waals surface area contributed by atoms with Crippen molar-refractivity contribution >= 4 is 12.2 Å². The highest BCUT2D eigenvalue weighted by molar-refractivity contribution is 7.71. The Labute approximate surface area is 99.4 Å². The molecule has 0 aliphatic carbocycles. The lowest BCUT2D eigenvalue weighted by atomic mass is 10.2. The van der Waals surface area contributed by atoms with E-state index >= 15 is 0 Å². The van der Waals surface area contributed by atoms with Gasteiger partial charge in [-0.15, -0.1) is 0 Å². The maximum absolute atomic E-state index is 5.27. The molecular formula is C11H14N4S. The summed E-state index contributed by atoms with van der Waals surface area (Å²) in [5.74, 6) is 0.736. The molecule has 0 spiro atoms. The lowest BCUT2D eigenvalue weighted by Gasteiger charge is -2.05. The van der Waals surface area contributed by atoms with Gasteiger partial charge in [-0.3, -0.25) is 4.68 Å². The average Bonchev–Trinajstić information content (AvgIpc) is 2.64. The monoisotopic (exact) mass is 234 g/mol. The van der Waals surface area contributed by atoms with Crippen LogP contribution in [-0.2, 0) is 13.5 Å². The lowest BCUT2D eigenvalue weighted by Crippen LogP contribution is -1.99. The largest absolute Gasteiger partial charge is 0.342 e. The van der Waals surface area contributed by atoms with E-state index in [1.54, 1.807) is 4.68 Å². The maximum Gasteiger partial charge on any atom is 0.159 e. The van der Waals surface area contributed by atoms with Crippen LogP contribution in [0.3, 0.4) is 0 Å². The van der Waals surface area contributed by atoms with E-state index in [-0.39, 0.29) is 0 Å². The van der Waals surface area contributed by atoms with Crippen molar-refractivity contribution < 1.29 is 0 Å². The van der Waals surface area contributed by atoms with Gasteiger partial charge in [-0.05, 0) is 19.4 Å². The Morgan fingerprint density at radius 1 is 1.50 bits per heavy atom. The number of rotatable bonds is 2. The zero-order valence-corrected chi connectivity index (χ0v) is 10.4. The van der Waals surface area contributed by atoms with Crippen LogP contribution < -0.4 is 0 Å². The van der Waals surface area contributed by atoms with Crippen LogP contribution in [0, 0.1) is 11.6 Å². The maximum atomic E-state index is 5.27. The third kappa shape index (κ3) is 1.90. The van der Waals surface area contributed by atoms with Gasteiger partial charge in [-0.25, -0.2) is 4.98 Å². The molecule has 2 aromatic heterocycles. The summed E-state index contributed by atoms with van der Waals surface area (Å²) in [6, 6.07) is 1.92. The Morgan fingerprint density at radius 2 is 2.25 bits per heavy atom. The minimum Gasteiger partial charge on any atom is -0.342 e. The molecule has 0 atom stereocenters. The molecule has 2 aromatic rings. The molecule has 16 heavy (non-hydrogen) atoms. The molecule has 0 aromatic carbocycles. The van der Waals surface area contributed by atoms with Crippen molar-refractivity contribution in [3.05, 3.63) is 28.2 Å². The molecule has 0 unspecified atom stereocenters. The van der Waals surface area contributed by atoms with Gasteiger partial charge in [0, 0.05) is 24.5 Å². The molecule has 0 saturated heterocycles. The van der Waals surface area contributed by atoms with Gasteiger partial charge in [0.25, 0.3) is 0 Å². The second kappa shape index (κ2) is 4.17. The van der Waals surface area contributed by atoms with Gasteiger partial charge in [0.1, 0.15) is 10.3 Å². The Balaban J connectivity index is 2.56. The predicted octanol–water partition coefficient (Wildman–Crippen LogP) is 2.41. The first kappa shape index (κ1) is 11.0. The number of nitrogens with zero attached hydrogens (tertiary/aromatic N) is 3. The second-order valence-corrected chi connectivity index (χ2v) is 4.11. The molecule has 0 fully saturated rings. The number of hydrogen-bond donors (Lipinski definition) is 1. The SMILES string of the molecule is CCc1c(C)[nH]c(-c2ccn(C)n2)nc1=S. The zero-order valence-electron chi connectivity index (χ0n) is 9.61. The highest BCUT2D eigenvalue weighted by Crippen LogP contribution is 2.15. The van der Waals surface area contributed by atoms with Crippen LogP contribution in [0.25, 0.3) is 11.5 Å². The minimum absolute atomic E-state index is 0.666. The summed E-state index contributed by atoms with van der Waals surface area (Å²) in [7, 11) is 1.88. The molecule has 2 rings (SSSR count). The van der Waals surface area contributed by atoms with E-state index in [1.807, 2.05) is 26.2 Å². The van der Waals surface area contributed by atoms with Crippen LogP contribution in [0.4, 0.5) is 0 Å². The Kier molecular flexibility index (Phi) is 2.87. The molecule has 0 radical (unpaired) electrons. The average molecular weight is 234 g/mol. The smallest absolute Gasteiger partial charge is 0.159 e. The molecule has 0 saturated carbocycles. The fourth-order valence-electron chi connectivity index (χ4n) is 1.69. The van der Waals surface area contributed by atoms with Crippen LogP contribution in [-0.4, -0.2) is 19.7 Å². The van der Waals surface area contributed by atoms with Crippen LogP contribution in [0.15, 0.2) is 12.3 Å². The highest BCUT2D eigenvalue weighted by atomic mass is 32.1. The molecule has 2 heterocycles. The normalized spacial score (nSPS) is 10.7. The fourth-order valence-corrected chi connectivity index (χ4v) is 2.08. The molecule has 4 nitrogen and oxygen atoms in total. The van der Waals surface area contributed by atoms with E-state index < -0.39 is 0 Å². The topological polar surface area (TPSA) is 46.5 Å². The van der Waals surface area contributed by atoms with Crippen molar-refractivity contribution in [3.8, 4) is 11.5 Å². The van der Waals surface area contributed by atoms with Crippen molar-refractivity contribution in [2.75, 3.05) is 0 Å². The summed E-state index contributed by atoms with van der Waals surface area (Å²) in [5, 5.41) is 4.30. The Morgan fingerprint density at radius 3 is 2.75 bits per heavy atom. The molecule has 0 bridgehead atoms. The van der Waals surface area contributed by atoms with E-state index in [2.05, 4.69) is 22.0 Å². The van der Waals surface area contributed by atoms with E-state index in [0.717, 1.165) is 29.2 Å². The van der Waals surface area contributed by atoms with E-state index in [9.17, 15) is 0 Å². The van der Waals surface area contributed by atoms with Crippen LogP contribution in [0.2, 0.25) is 0 Å². The summed E-state index contributed by atoms with van der Waals surface area (Å²) in [5.41, 5.74) is 3.00. The molecule has 5 heteroatoms. The first-order chi connectivity index (χ1) is 7.61. The van der Waals surface area contributed by atoms with Gasteiger partial charge < -0.3 is 4.98 Å². The highest BCUT2D eigenvalue weighted by Gasteiger charge is 2.07. The van der Waals surface area contributed by atoms with Crippen molar-refractivity contribution in [1.82, 2.24) is 19.7 Å². The summed E-state index contributed by atoms with van der Waals surface area (Å²) < 4.78 is 2.41. The number of nitrogens with one attached hydrogen (secondary N) is 1. The standard InChI is InChI=1S/C11H14N4S/c1-4-8-7(2)12-10(13-11(8)16)9-5-6-15(3)14-9/h5-6H,4H2,1-3H3,(H,12,13,16). The summed E-state index contributed by atoms with van der Waals surface area (Å²) in [6.07, 6.45) is 2.79. The van der Waals surface area contributed by atoms with Crippen LogP contribution in [0.1, 0.15) is 18.2 Å². The molecule has 0 aliphatic heterocycles. The first-order valence-corrected chi connectivity index (χ1v) is 5.62. The van der Waals surface area contributed by atoms with Crippen molar-refractivity contribution in [3.63, 3.8) is 0 Å². The third-order valence-corrected chi connectivity index (χ3v) is 2.88. The molecule has 0 amide bonds. The zero-order chi connectivity index (χ0) is 11.7. The molecule has 0 aliphatic rings. The molecule has 1 N–H and O–H groups in total. The van der Waals surface area contributed by atoms with Gasteiger partial charge in [0.15, 0.2) is 5.82 Å². The van der Waals surface area contributed by atoms with Crippen molar-refractivity contribution in [2.45, 2.75) is 20.3 Å². The van der Waals surface area contributed by atoms with Gasteiger partial charge >= 0.3 is 0 Å². The van der Waals surface area contributed by atoms with Crippen molar-refractivity contribution in [2.24, 2.45) is 7.05 Å². The quantitative estimate of drug-likeness (QED) is 0.812. The van der Waals surface area contributed by atoms with Crippen LogP contribution >= 0.6 is 12.2 Å². The van der Waals surface area contributed by atoms with Gasteiger partial charge in [-0.2, -0.15) is 5.10 Å². The second-order valence-electron chi connectivity index (χ2n) is 3.72. The number of aromatic nitrogens is 4. The third-order valence-electron chi connectivity index (χ3n) is 2.54. The van der Waals surface area contributed by atoms with Gasteiger partial charge in [0.05, 0.1) is 0 Å². The molecule has 84 valence electrons. The van der Waals surface area contributed by atoms with Crippen LogP contribution in [0.5, 0.6) is 0 Å². The Bertz CT molecular complexity index is 568. The fraction of sp³-hybridized carbons (Fsp3) is 0.364. The predicted molar refractivity (Wildman–Crippen MR) is 65.7 cm³/mol. The molecular weight excluding hydrogens is 220 g/mol. The number of H-pyrrole nitrogens is 1. The van der Waals surface area contributed by atoms with E-state index in [0.29, 0.717) is 4.64 Å². The number of hydrogen-bond acceptors (Lipinski definition) is 3. The van der Waals surface area contributed by atoms with Gasteiger partial charge in [-0.1, -0.05) is 19.1 Å². The number of aryl methyl sites for hydroxylation is 2. The van der Waals surface area contributed by atoms with E-state index in [1.165, 1.54) is 0 Å².